The van der Waals surface area contributed by atoms with E-state index in [1.165, 1.54) is 22.2 Å². The number of ether oxygens (including phenoxy) is 1. The first-order valence-corrected chi connectivity index (χ1v) is 7.69. The molecule has 1 saturated heterocycles. The van der Waals surface area contributed by atoms with E-state index in [4.69, 9.17) is 4.74 Å². The summed E-state index contributed by atoms with van der Waals surface area (Å²) >= 11 is 1.38. The number of pyridine rings is 1. The van der Waals surface area contributed by atoms with Crippen LogP contribution in [0.15, 0.2) is 23.5 Å². The van der Waals surface area contributed by atoms with Gasteiger partial charge < -0.3 is 4.74 Å². The molecular formula is C13H14F3N3OS. The van der Waals surface area contributed by atoms with Gasteiger partial charge in [0.15, 0.2) is 10.8 Å². The monoisotopic (exact) mass is 317 g/mol. The molecule has 0 amide bonds. The number of hydrogen-bond acceptors (Lipinski definition) is 4. The number of aromatic nitrogens is 3. The predicted octanol–water partition coefficient (Wildman–Crippen LogP) is 3.41. The van der Waals surface area contributed by atoms with Crippen molar-refractivity contribution in [1.29, 1.82) is 0 Å². The lowest BCUT2D eigenvalue weighted by Crippen LogP contribution is -2.21. The molecule has 1 atom stereocenters. The molecule has 2 aromatic heterocycles. The maximum Gasteiger partial charge on any atom is 0.417 e. The fourth-order valence-corrected chi connectivity index (χ4v) is 3.22. The van der Waals surface area contributed by atoms with Crippen molar-refractivity contribution in [3.8, 4) is 0 Å². The van der Waals surface area contributed by atoms with Gasteiger partial charge in [0.1, 0.15) is 0 Å². The molecule has 114 valence electrons. The zero-order valence-corrected chi connectivity index (χ0v) is 12.0. The third-order valence-electron chi connectivity index (χ3n) is 3.37. The van der Waals surface area contributed by atoms with Crippen molar-refractivity contribution in [2.45, 2.75) is 36.7 Å². The van der Waals surface area contributed by atoms with E-state index in [0.29, 0.717) is 16.6 Å². The van der Waals surface area contributed by atoms with Crippen molar-refractivity contribution in [3.63, 3.8) is 0 Å². The number of fused-ring (bicyclic) bond motifs is 1. The fraction of sp³-hybridized carbons (Fsp3) is 0.538. The van der Waals surface area contributed by atoms with Gasteiger partial charge >= 0.3 is 6.18 Å². The molecule has 1 fully saturated rings. The molecule has 1 aliphatic rings. The van der Waals surface area contributed by atoms with Gasteiger partial charge in [-0.1, -0.05) is 11.8 Å². The summed E-state index contributed by atoms with van der Waals surface area (Å²) in [5.41, 5.74) is -0.291. The van der Waals surface area contributed by atoms with E-state index < -0.39 is 11.7 Å². The van der Waals surface area contributed by atoms with Gasteiger partial charge in [0.05, 0.1) is 11.7 Å². The average Bonchev–Trinajstić information content (AvgIpc) is 2.87. The largest absolute Gasteiger partial charge is 0.417 e. The molecule has 0 saturated carbocycles. The molecule has 0 aromatic carbocycles. The summed E-state index contributed by atoms with van der Waals surface area (Å²) in [4.78, 5) is 0. The maximum atomic E-state index is 12.7. The van der Waals surface area contributed by atoms with E-state index >= 15 is 0 Å². The molecule has 8 heteroatoms. The van der Waals surface area contributed by atoms with Crippen molar-refractivity contribution in [2.75, 3.05) is 12.4 Å². The zero-order chi connectivity index (χ0) is 14.9. The van der Waals surface area contributed by atoms with E-state index in [2.05, 4.69) is 10.2 Å². The van der Waals surface area contributed by atoms with Gasteiger partial charge in [0.2, 0.25) is 0 Å². The molecule has 0 N–H and O–H groups in total. The third kappa shape index (κ3) is 3.32. The number of halogens is 3. The van der Waals surface area contributed by atoms with E-state index in [0.717, 1.165) is 38.1 Å². The van der Waals surface area contributed by atoms with Gasteiger partial charge in [-0.25, -0.2) is 0 Å². The number of alkyl halides is 3. The minimum atomic E-state index is -4.37. The maximum absolute atomic E-state index is 12.7. The van der Waals surface area contributed by atoms with Gasteiger partial charge in [0, 0.05) is 18.6 Å². The SMILES string of the molecule is FC(F)(F)c1ccc2nnc(SC[C@@H]3CCCCO3)n2c1. The van der Waals surface area contributed by atoms with Gasteiger partial charge in [-0.15, -0.1) is 10.2 Å². The van der Waals surface area contributed by atoms with Crippen LogP contribution in [0.5, 0.6) is 0 Å². The summed E-state index contributed by atoms with van der Waals surface area (Å²) in [6.45, 7) is 0.754. The van der Waals surface area contributed by atoms with Gasteiger partial charge in [-0.3, -0.25) is 4.40 Å². The van der Waals surface area contributed by atoms with Crippen LogP contribution in [0.25, 0.3) is 5.65 Å². The van der Waals surface area contributed by atoms with Gasteiger partial charge in [-0.05, 0) is 31.4 Å². The Bertz CT molecular complexity index is 623. The third-order valence-corrected chi connectivity index (χ3v) is 4.45. The second kappa shape index (κ2) is 5.84. The van der Waals surface area contributed by atoms with E-state index in [-0.39, 0.29) is 6.10 Å². The minimum Gasteiger partial charge on any atom is -0.377 e. The molecule has 4 nitrogen and oxygen atoms in total. The van der Waals surface area contributed by atoms with Crippen LogP contribution in [-0.4, -0.2) is 33.1 Å². The smallest absolute Gasteiger partial charge is 0.377 e. The van der Waals surface area contributed by atoms with Crippen LogP contribution in [0, 0.1) is 0 Å². The molecule has 0 spiro atoms. The Morgan fingerprint density at radius 2 is 2.14 bits per heavy atom. The summed E-state index contributed by atoms with van der Waals surface area (Å²) < 4.78 is 45.2. The Labute approximate surface area is 123 Å². The van der Waals surface area contributed by atoms with E-state index in [9.17, 15) is 13.2 Å². The summed E-state index contributed by atoms with van der Waals surface area (Å²) in [6.07, 6.45) is -0.000413. The predicted molar refractivity (Wildman–Crippen MR) is 72.3 cm³/mol. The highest BCUT2D eigenvalue weighted by molar-refractivity contribution is 7.99. The number of thioether (sulfide) groups is 1. The van der Waals surface area contributed by atoms with Crippen molar-refractivity contribution >= 4 is 17.4 Å². The highest BCUT2D eigenvalue weighted by Crippen LogP contribution is 2.30. The fourth-order valence-electron chi connectivity index (χ4n) is 2.24. The lowest BCUT2D eigenvalue weighted by atomic mass is 10.1. The zero-order valence-electron chi connectivity index (χ0n) is 11.1. The van der Waals surface area contributed by atoms with Gasteiger partial charge in [0.25, 0.3) is 0 Å². The van der Waals surface area contributed by atoms with Crippen molar-refractivity contribution in [2.24, 2.45) is 0 Å². The standard InChI is InChI=1S/C13H14F3N3OS/c14-13(15,16)9-4-5-11-17-18-12(19(11)7-9)21-8-10-3-1-2-6-20-10/h4-5,7,10H,1-3,6,8H2/t10-/m0/s1. The lowest BCUT2D eigenvalue weighted by Gasteiger charge is -2.21. The second-order valence-electron chi connectivity index (χ2n) is 4.93. The van der Waals surface area contributed by atoms with Crippen LogP contribution in [-0.2, 0) is 10.9 Å². The van der Waals surface area contributed by atoms with E-state index in [1.807, 2.05) is 0 Å². The van der Waals surface area contributed by atoms with Crippen molar-refractivity contribution in [3.05, 3.63) is 23.9 Å². The van der Waals surface area contributed by atoms with E-state index in [1.54, 1.807) is 0 Å². The molecule has 0 radical (unpaired) electrons. The molecule has 0 aliphatic carbocycles. The molecular weight excluding hydrogens is 303 g/mol. The number of nitrogens with zero attached hydrogens (tertiary/aromatic N) is 3. The Morgan fingerprint density at radius 1 is 1.29 bits per heavy atom. The minimum absolute atomic E-state index is 0.141. The lowest BCUT2D eigenvalue weighted by molar-refractivity contribution is -0.137. The Balaban J connectivity index is 1.78. The Kier molecular flexibility index (Phi) is 4.08. The number of hydrogen-bond donors (Lipinski definition) is 0. The van der Waals surface area contributed by atoms with Crippen LogP contribution in [0.2, 0.25) is 0 Å². The molecule has 21 heavy (non-hydrogen) atoms. The molecule has 1 aliphatic heterocycles. The molecule has 2 aromatic rings. The van der Waals surface area contributed by atoms with Gasteiger partial charge in [-0.2, -0.15) is 13.2 Å². The molecule has 0 bridgehead atoms. The Hall–Kier alpha value is -1.28. The topological polar surface area (TPSA) is 39.4 Å². The van der Waals surface area contributed by atoms with Crippen LogP contribution in [0.3, 0.4) is 0 Å². The summed E-state index contributed by atoms with van der Waals surface area (Å²) in [5, 5.41) is 8.31. The summed E-state index contributed by atoms with van der Waals surface area (Å²) in [5.74, 6) is 0.678. The van der Waals surface area contributed by atoms with Crippen LogP contribution < -0.4 is 0 Å². The molecule has 3 rings (SSSR count). The highest BCUT2D eigenvalue weighted by Gasteiger charge is 2.31. The summed E-state index contributed by atoms with van der Waals surface area (Å²) in [7, 11) is 0. The second-order valence-corrected chi connectivity index (χ2v) is 5.91. The molecule has 3 heterocycles. The quantitative estimate of drug-likeness (QED) is 0.813. The first kappa shape index (κ1) is 14.6. The molecule has 0 unspecified atom stereocenters. The average molecular weight is 317 g/mol. The highest BCUT2D eigenvalue weighted by atomic mass is 32.2. The van der Waals surface area contributed by atoms with Crippen LogP contribution >= 0.6 is 11.8 Å². The van der Waals surface area contributed by atoms with Crippen LogP contribution in [0.4, 0.5) is 13.2 Å². The van der Waals surface area contributed by atoms with Crippen molar-refractivity contribution in [1.82, 2.24) is 14.6 Å². The number of rotatable bonds is 3. The first-order valence-electron chi connectivity index (χ1n) is 6.70. The first-order chi connectivity index (χ1) is 10.0. The van der Waals surface area contributed by atoms with Crippen molar-refractivity contribution < 1.29 is 17.9 Å². The Morgan fingerprint density at radius 3 is 2.86 bits per heavy atom. The van der Waals surface area contributed by atoms with Crippen LogP contribution in [0.1, 0.15) is 24.8 Å². The normalized spacial score (nSPS) is 20.0. The summed E-state index contributed by atoms with van der Waals surface area (Å²) in [6, 6.07) is 2.35.